The van der Waals surface area contributed by atoms with Crippen molar-refractivity contribution in [2.75, 3.05) is 9.80 Å². The van der Waals surface area contributed by atoms with Gasteiger partial charge in [0, 0.05) is 34.1 Å². The molecule has 0 radical (unpaired) electrons. The summed E-state index contributed by atoms with van der Waals surface area (Å²) in [5.74, 6) is 0.951. The molecule has 1 aromatic heterocycles. The predicted molar refractivity (Wildman–Crippen MR) is 281 cm³/mol. The van der Waals surface area contributed by atoms with Crippen LogP contribution in [0.1, 0.15) is 139 Å². The Bertz CT molecular complexity index is 3120. The van der Waals surface area contributed by atoms with E-state index in [0.29, 0.717) is 0 Å². The van der Waals surface area contributed by atoms with Gasteiger partial charge in [0.05, 0.1) is 33.8 Å². The first-order chi connectivity index (χ1) is 31.1. The van der Waals surface area contributed by atoms with Crippen molar-refractivity contribution in [2.45, 2.75) is 125 Å². The molecule has 4 nitrogen and oxygen atoms in total. The Labute approximate surface area is 394 Å². The lowest BCUT2D eigenvalue weighted by Crippen LogP contribution is -2.28. The fourth-order valence-corrected chi connectivity index (χ4v) is 10.5. The number of hydrogen-bond acceptors (Lipinski definition) is 3. The molecule has 334 valence electrons. The molecular formula is C62H66N4. The monoisotopic (exact) mass is 867 g/mol. The van der Waals surface area contributed by atoms with E-state index in [-0.39, 0.29) is 27.6 Å². The van der Waals surface area contributed by atoms with E-state index in [0.717, 1.165) is 34.1 Å². The molecule has 10 rings (SSSR count). The molecule has 2 aliphatic heterocycles. The fourth-order valence-electron chi connectivity index (χ4n) is 10.5. The molecule has 4 heteroatoms. The number of aromatic nitrogens is 2. The molecule has 0 saturated heterocycles. The fraction of sp³-hybridized carbons (Fsp3) is 0.306. The lowest BCUT2D eigenvalue weighted by molar-refractivity contribution is 0.588. The highest BCUT2D eigenvalue weighted by atomic mass is 15.2. The highest BCUT2D eigenvalue weighted by molar-refractivity contribution is 5.99. The van der Waals surface area contributed by atoms with Crippen LogP contribution in [-0.4, -0.2) is 9.55 Å². The Kier molecular flexibility index (Phi) is 9.93. The molecule has 7 aromatic carbocycles. The maximum atomic E-state index is 5.81. The van der Waals surface area contributed by atoms with Crippen LogP contribution in [-0.2, 0) is 21.7 Å². The topological polar surface area (TPSA) is 24.3 Å². The van der Waals surface area contributed by atoms with Crippen molar-refractivity contribution in [3.63, 3.8) is 0 Å². The van der Waals surface area contributed by atoms with Crippen molar-refractivity contribution in [3.8, 4) is 17.1 Å². The van der Waals surface area contributed by atoms with Crippen molar-refractivity contribution >= 4 is 45.2 Å². The Balaban J connectivity index is 1.39. The second-order valence-electron chi connectivity index (χ2n) is 23.2. The van der Waals surface area contributed by atoms with Gasteiger partial charge in [-0.1, -0.05) is 162 Å². The molecular weight excluding hydrogens is 801 g/mol. The molecule has 66 heavy (non-hydrogen) atoms. The number of fused-ring (bicyclic) bond motifs is 4. The average Bonchev–Trinajstić information content (AvgIpc) is 3.63. The predicted octanol–water partition coefficient (Wildman–Crippen LogP) is 17.2. The van der Waals surface area contributed by atoms with E-state index in [1.807, 2.05) is 0 Å². The summed E-state index contributed by atoms with van der Waals surface area (Å²) in [6.45, 7) is 32.4. The van der Waals surface area contributed by atoms with E-state index in [2.05, 4.69) is 251 Å². The molecule has 8 aromatic rings. The second kappa shape index (κ2) is 15.1. The number of rotatable bonds is 5. The van der Waals surface area contributed by atoms with Gasteiger partial charge in [-0.2, -0.15) is 0 Å². The summed E-state index contributed by atoms with van der Waals surface area (Å²) >= 11 is 0. The first kappa shape index (κ1) is 43.5. The number of imidazole rings is 1. The lowest BCUT2D eigenvalue weighted by atomic mass is 9.73. The summed E-state index contributed by atoms with van der Waals surface area (Å²) in [6, 6.07) is 52.9. The SMILES string of the molecule is Cc1cc(C(C)(C)C)cc(C)c1-c1nc2cc(C(C)(C)C)cc3c2n1-c1cc(N(c2ccccc2)c2ccccc2)cc2c1C3c1cc(C(C)(C)C)ccc1N2c1ccc(C(C)(C)C)cc1. The standard InChI is InChI=1S/C62H66N4/c1-38-31-42(61(9,10)11)32-39(2)54(38)58-63-50-35-43(62(12,13)14)34-49-55-48-33-41(60(6,7)8)27-30-51(48)65(46-28-25-40(26-29-46)59(3,4)5)52-36-47(37-53(56(52)55)66(58)57(49)50)64(44-21-17-15-18-22-44)45-23-19-16-20-24-45/h15-37,55H,1-14H3. The zero-order valence-corrected chi connectivity index (χ0v) is 41.6. The van der Waals surface area contributed by atoms with Crippen LogP contribution in [0, 0.1) is 13.8 Å². The molecule has 0 aliphatic carbocycles. The third kappa shape index (κ3) is 7.16. The maximum Gasteiger partial charge on any atom is 0.146 e. The minimum Gasteiger partial charge on any atom is -0.310 e. The quantitative estimate of drug-likeness (QED) is 0.172. The summed E-state index contributed by atoms with van der Waals surface area (Å²) < 4.78 is 2.55. The minimum atomic E-state index is -0.0980. The van der Waals surface area contributed by atoms with Crippen LogP contribution in [0.15, 0.2) is 140 Å². The van der Waals surface area contributed by atoms with Crippen molar-refractivity contribution in [2.24, 2.45) is 0 Å². The molecule has 0 fully saturated rings. The van der Waals surface area contributed by atoms with Crippen molar-refractivity contribution in [1.82, 2.24) is 9.55 Å². The number of benzene rings is 7. The number of nitrogens with zero attached hydrogens (tertiary/aromatic N) is 4. The van der Waals surface area contributed by atoms with E-state index in [1.54, 1.807) is 0 Å². The lowest BCUT2D eigenvalue weighted by Gasteiger charge is -2.43. The minimum absolute atomic E-state index is 0.0151. The maximum absolute atomic E-state index is 5.81. The zero-order valence-electron chi connectivity index (χ0n) is 41.6. The van der Waals surface area contributed by atoms with Gasteiger partial charge in [-0.3, -0.25) is 4.57 Å². The van der Waals surface area contributed by atoms with E-state index in [4.69, 9.17) is 4.98 Å². The summed E-state index contributed by atoms with van der Waals surface area (Å²) in [6.07, 6.45) is 0. The Hall–Kier alpha value is -6.39. The van der Waals surface area contributed by atoms with E-state index in [9.17, 15) is 0 Å². The first-order valence-corrected chi connectivity index (χ1v) is 23.9. The summed E-state index contributed by atoms with van der Waals surface area (Å²) in [5, 5.41) is 0. The highest BCUT2D eigenvalue weighted by Crippen LogP contribution is 2.59. The van der Waals surface area contributed by atoms with Crippen LogP contribution in [0.3, 0.4) is 0 Å². The summed E-state index contributed by atoms with van der Waals surface area (Å²) in [7, 11) is 0. The molecule has 1 unspecified atom stereocenters. The Morgan fingerprint density at radius 1 is 0.455 bits per heavy atom. The van der Waals surface area contributed by atoms with E-state index < -0.39 is 0 Å². The van der Waals surface area contributed by atoms with Crippen LogP contribution in [0.2, 0.25) is 0 Å². The van der Waals surface area contributed by atoms with Gasteiger partial charge in [-0.25, -0.2) is 4.98 Å². The Morgan fingerprint density at radius 3 is 1.50 bits per heavy atom. The van der Waals surface area contributed by atoms with Gasteiger partial charge >= 0.3 is 0 Å². The smallest absolute Gasteiger partial charge is 0.146 e. The van der Waals surface area contributed by atoms with Gasteiger partial charge in [0.1, 0.15) is 5.82 Å². The number of aryl methyl sites for hydroxylation is 2. The first-order valence-electron chi connectivity index (χ1n) is 23.9. The van der Waals surface area contributed by atoms with Gasteiger partial charge in [0.2, 0.25) is 0 Å². The van der Waals surface area contributed by atoms with Crippen LogP contribution in [0.5, 0.6) is 0 Å². The van der Waals surface area contributed by atoms with Crippen LogP contribution in [0.25, 0.3) is 28.1 Å². The third-order valence-corrected chi connectivity index (χ3v) is 14.2. The average molecular weight is 867 g/mol. The van der Waals surface area contributed by atoms with Gasteiger partial charge in [0.25, 0.3) is 0 Å². The van der Waals surface area contributed by atoms with E-state index >= 15 is 0 Å². The number of hydrogen-bond donors (Lipinski definition) is 0. The molecule has 0 amide bonds. The molecule has 1 atom stereocenters. The van der Waals surface area contributed by atoms with Crippen LogP contribution >= 0.6 is 0 Å². The largest absolute Gasteiger partial charge is 0.310 e. The van der Waals surface area contributed by atoms with Gasteiger partial charge in [-0.15, -0.1) is 0 Å². The molecule has 0 bridgehead atoms. The Morgan fingerprint density at radius 2 is 0.955 bits per heavy atom. The third-order valence-electron chi connectivity index (χ3n) is 14.2. The van der Waals surface area contributed by atoms with Gasteiger partial charge < -0.3 is 9.80 Å². The van der Waals surface area contributed by atoms with Gasteiger partial charge in [0.15, 0.2) is 0 Å². The van der Waals surface area contributed by atoms with Crippen molar-refractivity contribution < 1.29 is 0 Å². The zero-order chi connectivity index (χ0) is 46.8. The number of anilines is 6. The van der Waals surface area contributed by atoms with Gasteiger partial charge in [-0.05, 0) is 141 Å². The molecule has 0 N–H and O–H groups in total. The highest BCUT2D eigenvalue weighted by Gasteiger charge is 2.42. The normalized spacial score (nSPS) is 14.6. The summed E-state index contributed by atoms with van der Waals surface area (Å²) in [4.78, 5) is 10.8. The van der Waals surface area contributed by atoms with E-state index in [1.165, 1.54) is 78.2 Å². The van der Waals surface area contributed by atoms with Crippen LogP contribution < -0.4 is 9.80 Å². The molecule has 2 aliphatic rings. The van der Waals surface area contributed by atoms with Crippen molar-refractivity contribution in [1.29, 1.82) is 0 Å². The molecule has 0 saturated carbocycles. The second-order valence-corrected chi connectivity index (χ2v) is 23.2. The molecule has 3 heterocycles. The van der Waals surface area contributed by atoms with Crippen LogP contribution in [0.4, 0.5) is 34.1 Å². The van der Waals surface area contributed by atoms with Crippen molar-refractivity contribution in [3.05, 3.63) is 190 Å². The molecule has 0 spiro atoms. The summed E-state index contributed by atoms with van der Waals surface area (Å²) in [5.41, 5.74) is 23.0. The number of para-hydroxylation sites is 2.